The van der Waals surface area contributed by atoms with Gasteiger partial charge in [0.2, 0.25) is 0 Å². The number of rotatable bonds is 1. The maximum Gasteiger partial charge on any atom is 0.0703 e. The number of fused-ring (bicyclic) bond motifs is 4. The smallest absolute Gasteiger partial charge is 0.0703 e. The van der Waals surface area contributed by atoms with Gasteiger partial charge in [-0.25, -0.2) is 0 Å². The minimum atomic E-state index is 0.623. The fourth-order valence-electron chi connectivity index (χ4n) is 3.07. The molecule has 3 heterocycles. The predicted molar refractivity (Wildman–Crippen MR) is 53.2 cm³/mol. The van der Waals surface area contributed by atoms with Crippen molar-refractivity contribution >= 4 is 0 Å². The maximum atomic E-state index is 4.51. The van der Waals surface area contributed by atoms with Crippen LogP contribution in [-0.4, -0.2) is 16.2 Å². The molecule has 1 aromatic heterocycles. The molecule has 1 saturated heterocycles. The quantitative estimate of drug-likeness (QED) is 0.705. The van der Waals surface area contributed by atoms with Crippen molar-refractivity contribution in [1.82, 2.24) is 15.5 Å². The summed E-state index contributed by atoms with van der Waals surface area (Å²) in [4.78, 5) is 0. The van der Waals surface area contributed by atoms with Crippen molar-refractivity contribution in [2.75, 3.05) is 0 Å². The Hall–Kier alpha value is -0.830. The van der Waals surface area contributed by atoms with E-state index in [-0.39, 0.29) is 0 Å². The molecule has 2 N–H and O–H groups in total. The van der Waals surface area contributed by atoms with Crippen molar-refractivity contribution in [2.45, 2.75) is 50.1 Å². The SMILES string of the molecule is C1CC2NC1Cc1[nH]nc(C3CC3)c12. The summed E-state index contributed by atoms with van der Waals surface area (Å²) in [5, 5.41) is 11.5. The van der Waals surface area contributed by atoms with Crippen LogP contribution in [0.25, 0.3) is 0 Å². The van der Waals surface area contributed by atoms with Gasteiger partial charge < -0.3 is 5.32 Å². The van der Waals surface area contributed by atoms with Crippen LogP contribution >= 0.6 is 0 Å². The fraction of sp³-hybridized carbons (Fsp3) is 0.727. The summed E-state index contributed by atoms with van der Waals surface area (Å²) in [5.74, 6) is 0.786. The number of hydrogen-bond donors (Lipinski definition) is 2. The van der Waals surface area contributed by atoms with E-state index in [4.69, 9.17) is 0 Å². The van der Waals surface area contributed by atoms with Crippen LogP contribution in [0.4, 0.5) is 0 Å². The van der Waals surface area contributed by atoms with Crippen LogP contribution in [0.2, 0.25) is 0 Å². The average molecular weight is 189 g/mol. The van der Waals surface area contributed by atoms with Crippen molar-refractivity contribution in [3.63, 3.8) is 0 Å². The van der Waals surface area contributed by atoms with Crippen LogP contribution in [0, 0.1) is 0 Å². The summed E-state index contributed by atoms with van der Waals surface area (Å²) in [7, 11) is 0. The first-order valence-corrected chi connectivity index (χ1v) is 5.75. The first-order chi connectivity index (χ1) is 6.92. The van der Waals surface area contributed by atoms with E-state index in [1.807, 2.05) is 0 Å². The number of aromatic nitrogens is 2. The lowest BCUT2D eigenvalue weighted by atomic mass is 9.98. The summed E-state index contributed by atoms with van der Waals surface area (Å²) in [6.07, 6.45) is 6.54. The highest BCUT2D eigenvalue weighted by Crippen LogP contribution is 2.46. The average Bonchev–Trinajstić information content (AvgIpc) is 2.85. The van der Waals surface area contributed by atoms with E-state index in [0.29, 0.717) is 6.04 Å². The maximum absolute atomic E-state index is 4.51. The molecule has 3 heteroatoms. The fourth-order valence-corrected chi connectivity index (χ4v) is 3.07. The van der Waals surface area contributed by atoms with Crippen molar-refractivity contribution in [1.29, 1.82) is 0 Å². The van der Waals surface area contributed by atoms with Gasteiger partial charge in [-0.05, 0) is 25.7 Å². The number of H-pyrrole nitrogens is 1. The van der Waals surface area contributed by atoms with Gasteiger partial charge in [0.15, 0.2) is 0 Å². The Morgan fingerprint density at radius 2 is 2.07 bits per heavy atom. The Kier molecular flexibility index (Phi) is 1.28. The molecule has 2 aliphatic heterocycles. The Morgan fingerprint density at radius 3 is 2.93 bits per heavy atom. The van der Waals surface area contributed by atoms with Crippen LogP contribution < -0.4 is 5.32 Å². The van der Waals surface area contributed by atoms with Gasteiger partial charge in [-0.15, -0.1) is 0 Å². The molecular weight excluding hydrogens is 174 g/mol. The molecule has 0 spiro atoms. The van der Waals surface area contributed by atoms with Crippen LogP contribution in [0.15, 0.2) is 0 Å². The van der Waals surface area contributed by atoms with E-state index in [1.165, 1.54) is 43.5 Å². The number of aromatic amines is 1. The van der Waals surface area contributed by atoms with Gasteiger partial charge in [0, 0.05) is 35.7 Å². The van der Waals surface area contributed by atoms with Gasteiger partial charge in [-0.3, -0.25) is 5.10 Å². The second-order valence-corrected chi connectivity index (χ2v) is 4.97. The van der Waals surface area contributed by atoms with E-state index in [1.54, 1.807) is 5.56 Å². The molecule has 1 aliphatic carbocycles. The minimum absolute atomic E-state index is 0.623. The van der Waals surface area contributed by atoms with Gasteiger partial charge in [0.25, 0.3) is 0 Å². The normalized spacial score (nSPS) is 34.6. The number of hydrogen-bond acceptors (Lipinski definition) is 2. The van der Waals surface area contributed by atoms with Crippen molar-refractivity contribution < 1.29 is 0 Å². The van der Waals surface area contributed by atoms with E-state index in [0.717, 1.165) is 12.0 Å². The number of nitrogens with one attached hydrogen (secondary N) is 2. The first kappa shape index (κ1) is 7.46. The molecule has 0 aromatic carbocycles. The van der Waals surface area contributed by atoms with Crippen molar-refractivity contribution in [3.8, 4) is 0 Å². The van der Waals surface area contributed by atoms with E-state index in [9.17, 15) is 0 Å². The third-order valence-electron chi connectivity index (χ3n) is 3.92. The molecule has 74 valence electrons. The van der Waals surface area contributed by atoms with Crippen LogP contribution in [0.5, 0.6) is 0 Å². The summed E-state index contributed by atoms with van der Waals surface area (Å²) in [5.41, 5.74) is 4.36. The van der Waals surface area contributed by atoms with Gasteiger partial charge in [0.1, 0.15) is 0 Å². The summed E-state index contributed by atoms with van der Waals surface area (Å²) >= 11 is 0. The summed E-state index contributed by atoms with van der Waals surface area (Å²) in [6, 6.07) is 1.35. The lowest BCUT2D eigenvalue weighted by Crippen LogP contribution is -2.31. The van der Waals surface area contributed by atoms with E-state index >= 15 is 0 Å². The molecule has 2 atom stereocenters. The largest absolute Gasteiger partial charge is 0.307 e. The lowest BCUT2D eigenvalue weighted by molar-refractivity contribution is 0.509. The molecule has 1 saturated carbocycles. The standard InChI is InChI=1S/C11H15N3/c1-2-6(1)11-10-8-4-3-7(12-8)5-9(10)13-14-11/h6-8,12H,1-5H2,(H,13,14). The molecule has 4 rings (SSSR count). The highest BCUT2D eigenvalue weighted by atomic mass is 15.2. The zero-order chi connectivity index (χ0) is 9.12. The molecular formula is C11H15N3. The zero-order valence-electron chi connectivity index (χ0n) is 8.21. The highest BCUT2D eigenvalue weighted by Gasteiger charge is 2.39. The van der Waals surface area contributed by atoms with E-state index < -0.39 is 0 Å². The molecule has 0 radical (unpaired) electrons. The van der Waals surface area contributed by atoms with Crippen LogP contribution in [-0.2, 0) is 6.42 Å². The molecule has 2 unspecified atom stereocenters. The molecule has 1 aromatic rings. The third-order valence-corrected chi connectivity index (χ3v) is 3.92. The lowest BCUT2D eigenvalue weighted by Gasteiger charge is -2.21. The first-order valence-electron chi connectivity index (χ1n) is 5.75. The number of nitrogens with zero attached hydrogens (tertiary/aromatic N) is 1. The minimum Gasteiger partial charge on any atom is -0.307 e. The summed E-state index contributed by atoms with van der Waals surface area (Å²) < 4.78 is 0. The Bertz CT molecular complexity index is 378. The monoisotopic (exact) mass is 189 g/mol. The zero-order valence-corrected chi connectivity index (χ0v) is 8.21. The molecule has 2 fully saturated rings. The predicted octanol–water partition coefficient (Wildman–Crippen LogP) is 1.64. The van der Waals surface area contributed by atoms with Gasteiger partial charge in [0.05, 0.1) is 5.69 Å². The van der Waals surface area contributed by atoms with Gasteiger partial charge in [-0.1, -0.05) is 0 Å². The third kappa shape index (κ3) is 0.883. The molecule has 14 heavy (non-hydrogen) atoms. The highest BCUT2D eigenvalue weighted by molar-refractivity contribution is 5.37. The van der Waals surface area contributed by atoms with Crippen molar-refractivity contribution in [3.05, 3.63) is 17.0 Å². The Morgan fingerprint density at radius 1 is 1.14 bits per heavy atom. The molecule has 3 aliphatic rings. The second kappa shape index (κ2) is 2.40. The van der Waals surface area contributed by atoms with Crippen molar-refractivity contribution in [2.24, 2.45) is 0 Å². The molecule has 2 bridgehead atoms. The topological polar surface area (TPSA) is 40.7 Å². The van der Waals surface area contributed by atoms with Crippen LogP contribution in [0.3, 0.4) is 0 Å². The van der Waals surface area contributed by atoms with E-state index in [2.05, 4.69) is 15.5 Å². The molecule has 0 amide bonds. The molecule has 3 nitrogen and oxygen atoms in total. The van der Waals surface area contributed by atoms with Crippen LogP contribution in [0.1, 0.15) is 54.6 Å². The van der Waals surface area contributed by atoms with Gasteiger partial charge >= 0.3 is 0 Å². The Balaban J connectivity index is 1.85. The Labute approximate surface area is 83.3 Å². The second-order valence-electron chi connectivity index (χ2n) is 4.97. The van der Waals surface area contributed by atoms with Gasteiger partial charge in [-0.2, -0.15) is 5.10 Å². The summed E-state index contributed by atoms with van der Waals surface area (Å²) in [6.45, 7) is 0.